The maximum Gasteiger partial charge on any atom is 0.191 e. The second-order valence-electron chi connectivity index (χ2n) is 7.81. The second kappa shape index (κ2) is 10.8. The Hall–Kier alpha value is -3.39. The zero-order chi connectivity index (χ0) is 22.2. The highest BCUT2D eigenvalue weighted by atomic mass is 16.5. The van der Waals surface area contributed by atoms with E-state index in [4.69, 9.17) is 4.74 Å². The van der Waals surface area contributed by atoms with Crippen molar-refractivity contribution >= 4 is 5.96 Å². The van der Waals surface area contributed by atoms with Crippen molar-refractivity contribution in [2.75, 3.05) is 33.8 Å². The summed E-state index contributed by atoms with van der Waals surface area (Å²) in [6, 6.07) is 16.8. The first-order chi connectivity index (χ1) is 15.8. The van der Waals surface area contributed by atoms with Crippen molar-refractivity contribution in [3.05, 3.63) is 72.3 Å². The van der Waals surface area contributed by atoms with E-state index in [9.17, 15) is 0 Å². The van der Waals surface area contributed by atoms with Crippen LogP contribution in [0.15, 0.2) is 66.2 Å². The molecule has 0 spiro atoms. The molecule has 0 bridgehead atoms. The summed E-state index contributed by atoms with van der Waals surface area (Å²) in [5, 5.41) is 11.1. The highest BCUT2D eigenvalue weighted by molar-refractivity contribution is 5.79. The Bertz CT molecular complexity index is 995. The van der Waals surface area contributed by atoms with Gasteiger partial charge >= 0.3 is 0 Å². The Morgan fingerprint density at radius 1 is 1.09 bits per heavy atom. The van der Waals surface area contributed by atoms with Gasteiger partial charge in [-0.05, 0) is 49.7 Å². The Morgan fingerprint density at radius 2 is 1.88 bits per heavy atom. The number of methoxy groups -OCH3 is 1. The fourth-order valence-electron chi connectivity index (χ4n) is 4.14. The summed E-state index contributed by atoms with van der Waals surface area (Å²) in [7, 11) is 3.54. The van der Waals surface area contributed by atoms with Crippen LogP contribution in [-0.2, 0) is 6.54 Å². The molecule has 8 heteroatoms. The smallest absolute Gasteiger partial charge is 0.191 e. The van der Waals surface area contributed by atoms with Gasteiger partial charge in [0.05, 0.1) is 18.8 Å². The van der Waals surface area contributed by atoms with Crippen LogP contribution in [0.25, 0.3) is 5.69 Å². The average Bonchev–Trinajstić information content (AvgIpc) is 3.57. The van der Waals surface area contributed by atoms with Gasteiger partial charge in [0.1, 0.15) is 18.4 Å². The van der Waals surface area contributed by atoms with E-state index < -0.39 is 0 Å². The zero-order valence-corrected chi connectivity index (χ0v) is 18.7. The van der Waals surface area contributed by atoms with Crippen molar-refractivity contribution in [1.29, 1.82) is 0 Å². The number of guanidine groups is 1. The van der Waals surface area contributed by atoms with E-state index in [2.05, 4.69) is 54.9 Å². The molecule has 1 aliphatic heterocycles. The first-order valence-electron chi connectivity index (χ1n) is 11.0. The molecule has 1 aliphatic rings. The first-order valence-corrected chi connectivity index (χ1v) is 11.0. The number of likely N-dealkylation sites (tertiary alicyclic amines) is 1. The van der Waals surface area contributed by atoms with Gasteiger partial charge in [-0.2, -0.15) is 5.10 Å². The lowest BCUT2D eigenvalue weighted by Gasteiger charge is -2.30. The van der Waals surface area contributed by atoms with Gasteiger partial charge in [-0.15, -0.1) is 0 Å². The molecule has 2 N–H and O–H groups in total. The molecular formula is C24H31N7O. The highest BCUT2D eigenvalue weighted by Gasteiger charge is 2.26. The van der Waals surface area contributed by atoms with Crippen LogP contribution in [-0.4, -0.2) is 59.4 Å². The van der Waals surface area contributed by atoms with Gasteiger partial charge in [0.15, 0.2) is 5.96 Å². The minimum Gasteiger partial charge on any atom is -0.496 e. The van der Waals surface area contributed by atoms with Crippen LogP contribution in [0.1, 0.15) is 30.0 Å². The molecule has 168 valence electrons. The van der Waals surface area contributed by atoms with Crippen LogP contribution < -0.4 is 15.4 Å². The van der Waals surface area contributed by atoms with E-state index >= 15 is 0 Å². The first kappa shape index (κ1) is 21.8. The molecule has 1 aromatic heterocycles. The largest absolute Gasteiger partial charge is 0.496 e. The Balaban J connectivity index is 1.37. The van der Waals surface area contributed by atoms with E-state index in [0.29, 0.717) is 6.54 Å². The molecule has 3 aromatic rings. The van der Waals surface area contributed by atoms with Crippen molar-refractivity contribution in [2.45, 2.75) is 25.4 Å². The Kier molecular flexibility index (Phi) is 7.34. The number of aromatic nitrogens is 3. The Morgan fingerprint density at radius 3 is 2.56 bits per heavy atom. The van der Waals surface area contributed by atoms with Gasteiger partial charge in [0.25, 0.3) is 0 Å². The van der Waals surface area contributed by atoms with Gasteiger partial charge < -0.3 is 15.4 Å². The number of nitrogens with zero attached hydrogens (tertiary/aromatic N) is 5. The van der Waals surface area contributed by atoms with Gasteiger partial charge in [0, 0.05) is 25.7 Å². The van der Waals surface area contributed by atoms with Crippen molar-refractivity contribution < 1.29 is 4.74 Å². The van der Waals surface area contributed by atoms with E-state index in [1.807, 2.05) is 24.3 Å². The van der Waals surface area contributed by atoms with E-state index in [1.54, 1.807) is 25.2 Å². The molecule has 8 nitrogen and oxygen atoms in total. The van der Waals surface area contributed by atoms with Crippen LogP contribution in [0.3, 0.4) is 0 Å². The molecule has 1 fully saturated rings. The van der Waals surface area contributed by atoms with Gasteiger partial charge in [0.2, 0.25) is 0 Å². The van der Waals surface area contributed by atoms with Crippen LogP contribution in [0.4, 0.5) is 0 Å². The normalized spacial score (nSPS) is 15.5. The van der Waals surface area contributed by atoms with Crippen molar-refractivity contribution in [2.24, 2.45) is 4.99 Å². The third-order valence-electron chi connectivity index (χ3n) is 5.85. The summed E-state index contributed by atoms with van der Waals surface area (Å²) < 4.78 is 7.39. The molecule has 0 saturated carbocycles. The number of benzene rings is 2. The molecule has 1 unspecified atom stereocenters. The summed E-state index contributed by atoms with van der Waals surface area (Å²) in [6.07, 6.45) is 5.70. The molecule has 32 heavy (non-hydrogen) atoms. The zero-order valence-electron chi connectivity index (χ0n) is 18.7. The summed E-state index contributed by atoms with van der Waals surface area (Å²) in [5.41, 5.74) is 3.36. The summed E-state index contributed by atoms with van der Waals surface area (Å²) >= 11 is 0. The monoisotopic (exact) mass is 433 g/mol. The maximum atomic E-state index is 5.65. The molecule has 0 radical (unpaired) electrons. The van der Waals surface area contributed by atoms with E-state index in [-0.39, 0.29) is 6.04 Å². The molecule has 0 aliphatic carbocycles. The molecule has 2 aromatic carbocycles. The van der Waals surface area contributed by atoms with Crippen LogP contribution >= 0.6 is 0 Å². The number of ether oxygens (including phenoxy) is 1. The number of nitrogens with one attached hydrogen (secondary N) is 2. The van der Waals surface area contributed by atoms with Gasteiger partial charge in [-0.1, -0.05) is 30.3 Å². The number of hydrogen-bond donors (Lipinski definition) is 2. The lowest BCUT2D eigenvalue weighted by Crippen LogP contribution is -2.42. The third-order valence-corrected chi connectivity index (χ3v) is 5.85. The lowest BCUT2D eigenvalue weighted by molar-refractivity contribution is 0.239. The number of aliphatic imine (C=N–C) groups is 1. The molecule has 4 rings (SSSR count). The standard InChI is InChI=1S/C24H31N7O/c1-25-24(27-15-19-9-11-20(12-10-19)31-18-26-17-29-31)28-16-22(30-13-5-6-14-30)21-7-3-4-8-23(21)32-2/h3-4,7-12,17-18,22H,5-6,13-16H2,1-2H3,(H2,25,27,28). The minimum atomic E-state index is 0.231. The van der Waals surface area contributed by atoms with Crippen LogP contribution in [0, 0.1) is 0 Å². The molecule has 0 amide bonds. The summed E-state index contributed by atoms with van der Waals surface area (Å²) in [4.78, 5) is 10.9. The average molecular weight is 434 g/mol. The predicted molar refractivity (Wildman–Crippen MR) is 126 cm³/mol. The van der Waals surface area contributed by atoms with Crippen LogP contribution in [0.5, 0.6) is 5.75 Å². The maximum absolute atomic E-state index is 5.65. The highest BCUT2D eigenvalue weighted by Crippen LogP contribution is 2.31. The number of hydrogen-bond acceptors (Lipinski definition) is 5. The number of rotatable bonds is 8. The van der Waals surface area contributed by atoms with Crippen molar-refractivity contribution in [3.63, 3.8) is 0 Å². The second-order valence-corrected chi connectivity index (χ2v) is 7.81. The molecular weight excluding hydrogens is 402 g/mol. The summed E-state index contributed by atoms with van der Waals surface area (Å²) in [6.45, 7) is 3.65. The van der Waals surface area contributed by atoms with Crippen LogP contribution in [0.2, 0.25) is 0 Å². The third kappa shape index (κ3) is 5.26. The van der Waals surface area contributed by atoms with E-state index in [0.717, 1.165) is 42.6 Å². The van der Waals surface area contributed by atoms with Gasteiger partial charge in [-0.3, -0.25) is 9.89 Å². The van der Waals surface area contributed by atoms with Crippen molar-refractivity contribution in [3.8, 4) is 11.4 Å². The predicted octanol–water partition coefficient (Wildman–Crippen LogP) is 2.78. The lowest BCUT2D eigenvalue weighted by atomic mass is 10.0. The van der Waals surface area contributed by atoms with E-state index in [1.165, 1.54) is 24.7 Å². The summed E-state index contributed by atoms with van der Waals surface area (Å²) in [5.74, 6) is 1.71. The quantitative estimate of drug-likeness (QED) is 0.420. The fraction of sp³-hybridized carbons (Fsp3) is 0.375. The molecule has 2 heterocycles. The fourth-order valence-corrected chi connectivity index (χ4v) is 4.14. The number of para-hydroxylation sites is 1. The molecule has 1 atom stereocenters. The minimum absolute atomic E-state index is 0.231. The SMILES string of the molecule is CN=C(NCc1ccc(-n2cncn2)cc1)NCC(c1ccccc1OC)N1CCCC1. The van der Waals surface area contributed by atoms with Crippen molar-refractivity contribution in [1.82, 2.24) is 30.3 Å². The topological polar surface area (TPSA) is 79.6 Å². The van der Waals surface area contributed by atoms with Gasteiger partial charge in [-0.25, -0.2) is 9.67 Å². The Labute approximate surface area is 189 Å². The molecule has 1 saturated heterocycles.